The van der Waals surface area contributed by atoms with Gasteiger partial charge in [-0.2, -0.15) is 0 Å². The minimum Gasteiger partial charge on any atom is -0.378 e. The Morgan fingerprint density at radius 1 is 0.415 bits per heavy atom. The van der Waals surface area contributed by atoms with E-state index in [1.54, 1.807) is 32.0 Å². The highest BCUT2D eigenvalue weighted by Crippen LogP contribution is 2.27. The van der Waals surface area contributed by atoms with Crippen molar-refractivity contribution >= 4 is 0 Å². The van der Waals surface area contributed by atoms with Crippen LogP contribution in [-0.2, 0) is 4.74 Å². The van der Waals surface area contributed by atoms with Gasteiger partial charge in [0.2, 0.25) is 0 Å². The van der Waals surface area contributed by atoms with E-state index in [2.05, 4.69) is 65.8 Å². The van der Waals surface area contributed by atoms with Gasteiger partial charge in [-0.15, -0.1) is 0 Å². The summed E-state index contributed by atoms with van der Waals surface area (Å²) >= 11 is 0. The Hall–Kier alpha value is -3.51. The van der Waals surface area contributed by atoms with Crippen LogP contribution in [0.1, 0.15) is 111 Å². The lowest BCUT2D eigenvalue weighted by molar-refractivity contribution is 0.000266. The van der Waals surface area contributed by atoms with Crippen LogP contribution in [0.5, 0.6) is 0 Å². The summed E-state index contributed by atoms with van der Waals surface area (Å²) in [7, 11) is 0. The lowest BCUT2D eigenvalue weighted by Gasteiger charge is -2.23. The SMILES string of the molecule is CC1CCC(C)CC1.CC1CCC(C)OC1.Cc1cc(F)c(C)c(F)c1.Cc1ccc(C)c(F)c1.Cc1ccc(C)c(F)c1F.Cc1ccc(C)cc1. The molecule has 1 aliphatic heterocycles. The first-order valence-corrected chi connectivity index (χ1v) is 19.0. The first-order valence-electron chi connectivity index (χ1n) is 19.0. The van der Waals surface area contributed by atoms with Gasteiger partial charge in [-0.1, -0.05) is 106 Å². The molecule has 2 atom stereocenters. The van der Waals surface area contributed by atoms with Crippen molar-refractivity contribution < 1.29 is 26.7 Å². The summed E-state index contributed by atoms with van der Waals surface area (Å²) in [6.45, 7) is 24.1. The van der Waals surface area contributed by atoms with Crippen molar-refractivity contribution in [1.82, 2.24) is 0 Å². The molecule has 1 nitrogen and oxygen atoms in total. The van der Waals surface area contributed by atoms with Crippen LogP contribution in [0.2, 0.25) is 0 Å². The minimum absolute atomic E-state index is 0.0885. The van der Waals surface area contributed by atoms with Crippen LogP contribution < -0.4 is 0 Å². The fraction of sp³-hybridized carbons (Fsp3) is 0.489. The quantitative estimate of drug-likeness (QED) is 0.163. The Kier molecular flexibility index (Phi) is 22.2. The summed E-state index contributed by atoms with van der Waals surface area (Å²) in [5, 5.41) is 0. The molecule has 294 valence electrons. The molecule has 0 radical (unpaired) electrons. The summed E-state index contributed by atoms with van der Waals surface area (Å²) in [4.78, 5) is 0. The van der Waals surface area contributed by atoms with Gasteiger partial charge < -0.3 is 4.74 Å². The van der Waals surface area contributed by atoms with Crippen molar-refractivity contribution in [3.63, 3.8) is 0 Å². The Morgan fingerprint density at radius 2 is 0.774 bits per heavy atom. The number of benzene rings is 4. The molecule has 0 bridgehead atoms. The van der Waals surface area contributed by atoms with E-state index < -0.39 is 23.3 Å². The maximum atomic E-state index is 12.6. The molecule has 1 saturated carbocycles. The lowest BCUT2D eigenvalue weighted by atomic mass is 9.84. The van der Waals surface area contributed by atoms with Gasteiger partial charge in [0, 0.05) is 12.2 Å². The van der Waals surface area contributed by atoms with Crippen molar-refractivity contribution in [3.8, 4) is 0 Å². The van der Waals surface area contributed by atoms with Crippen LogP contribution in [0.25, 0.3) is 0 Å². The second-order valence-electron chi connectivity index (χ2n) is 15.3. The fourth-order valence-electron chi connectivity index (χ4n) is 5.29. The molecule has 2 unspecified atom stereocenters. The molecule has 2 aliphatic rings. The zero-order chi connectivity index (χ0) is 40.2. The van der Waals surface area contributed by atoms with E-state index in [1.165, 1.54) is 88.6 Å². The predicted octanol–water partition coefficient (Wildman–Crippen LogP) is 14.6. The van der Waals surface area contributed by atoms with Crippen molar-refractivity contribution in [2.75, 3.05) is 6.61 Å². The highest BCUT2D eigenvalue weighted by atomic mass is 19.2. The van der Waals surface area contributed by atoms with Gasteiger partial charge in [-0.25, -0.2) is 22.0 Å². The fourth-order valence-corrected chi connectivity index (χ4v) is 5.29. The summed E-state index contributed by atoms with van der Waals surface area (Å²) < 4.78 is 68.4. The van der Waals surface area contributed by atoms with Crippen LogP contribution in [0.15, 0.2) is 66.7 Å². The lowest BCUT2D eigenvalue weighted by Crippen LogP contribution is -2.21. The Labute approximate surface area is 318 Å². The van der Waals surface area contributed by atoms with Crippen molar-refractivity contribution in [3.05, 3.63) is 140 Å². The van der Waals surface area contributed by atoms with Crippen LogP contribution in [0, 0.1) is 102 Å². The van der Waals surface area contributed by atoms with Gasteiger partial charge in [0.25, 0.3) is 0 Å². The highest BCUT2D eigenvalue weighted by Gasteiger charge is 2.14. The Bertz CT molecular complexity index is 1500. The molecule has 2 fully saturated rings. The summed E-state index contributed by atoms with van der Waals surface area (Å²) in [6, 6.07) is 19.5. The second kappa shape index (κ2) is 24.7. The number of halogens is 5. The average molecular weight is 741 g/mol. The number of hydrogen-bond acceptors (Lipinski definition) is 1. The summed E-state index contributed by atoms with van der Waals surface area (Å²) in [5.74, 6) is 0.300. The van der Waals surface area contributed by atoms with E-state index in [4.69, 9.17) is 4.74 Å². The zero-order valence-electron chi connectivity index (χ0n) is 34.4. The summed E-state index contributed by atoms with van der Waals surface area (Å²) in [6.07, 6.45) is 9.01. The number of rotatable bonds is 0. The van der Waals surface area contributed by atoms with E-state index >= 15 is 0 Å². The third-order valence-corrected chi connectivity index (χ3v) is 9.48. The molecule has 6 rings (SSSR count). The van der Waals surface area contributed by atoms with Crippen molar-refractivity contribution in [2.24, 2.45) is 17.8 Å². The van der Waals surface area contributed by atoms with Gasteiger partial charge >= 0.3 is 0 Å². The van der Waals surface area contributed by atoms with E-state index in [-0.39, 0.29) is 11.4 Å². The maximum absolute atomic E-state index is 12.6. The molecule has 0 aromatic heterocycles. The molecule has 53 heavy (non-hydrogen) atoms. The normalized spacial score (nSPS) is 18.8. The van der Waals surface area contributed by atoms with Gasteiger partial charge in [0.05, 0.1) is 6.10 Å². The monoisotopic (exact) mass is 740 g/mol. The van der Waals surface area contributed by atoms with Crippen molar-refractivity contribution in [1.29, 1.82) is 0 Å². The maximum Gasteiger partial charge on any atom is 0.161 e. The Balaban J connectivity index is 0.000000319. The van der Waals surface area contributed by atoms with Gasteiger partial charge in [-0.3, -0.25) is 0 Å². The second-order valence-corrected chi connectivity index (χ2v) is 15.3. The minimum atomic E-state index is -0.736. The van der Waals surface area contributed by atoms with Crippen LogP contribution >= 0.6 is 0 Å². The third-order valence-electron chi connectivity index (χ3n) is 9.48. The Morgan fingerprint density at radius 3 is 1.11 bits per heavy atom. The summed E-state index contributed by atoms with van der Waals surface area (Å²) in [5.41, 5.74) is 5.74. The molecule has 0 amide bonds. The average Bonchev–Trinajstić information content (AvgIpc) is 3.11. The van der Waals surface area contributed by atoms with Crippen LogP contribution in [0.3, 0.4) is 0 Å². The van der Waals surface area contributed by atoms with Gasteiger partial charge in [0.15, 0.2) is 11.6 Å². The third kappa shape index (κ3) is 19.9. The predicted molar refractivity (Wildman–Crippen MR) is 214 cm³/mol. The first-order chi connectivity index (χ1) is 24.8. The van der Waals surface area contributed by atoms with E-state index in [0.717, 1.165) is 29.9 Å². The molecule has 6 heteroatoms. The molecule has 0 spiro atoms. The molecular weight excluding hydrogens is 676 g/mol. The van der Waals surface area contributed by atoms with E-state index in [1.807, 2.05) is 13.0 Å². The van der Waals surface area contributed by atoms with Crippen LogP contribution in [0.4, 0.5) is 22.0 Å². The van der Waals surface area contributed by atoms with Gasteiger partial charge in [-0.05, 0) is 139 Å². The van der Waals surface area contributed by atoms with E-state index in [9.17, 15) is 22.0 Å². The molecule has 4 aromatic carbocycles. The number of aryl methyl sites for hydroxylation is 7. The highest BCUT2D eigenvalue weighted by molar-refractivity contribution is 5.25. The number of ether oxygens (including phenoxy) is 1. The standard InChI is InChI=1S/2C8H8F2.C8H9F.C8H16.C8H10.C7H14O/c1-5-3-7(9)6(2)8(10)4-5;1-5-3-4-6(2)8(10)7(5)9;1-6-3-4-7(2)8(9)5-6;2*1-7-3-5-8(2)6-4-7;1-6-3-4-7(2)8-5-6/h2*3-4H,1-2H3;3-5H,1-2H3;7-8H,3-6H2,1-2H3;3-6H,1-2H3;6-7H,3-5H2,1-2H3. The topological polar surface area (TPSA) is 9.23 Å². The first kappa shape index (κ1) is 47.5. The van der Waals surface area contributed by atoms with E-state index in [0.29, 0.717) is 28.4 Å². The molecule has 1 saturated heterocycles. The van der Waals surface area contributed by atoms with Crippen LogP contribution in [-0.4, -0.2) is 12.7 Å². The largest absolute Gasteiger partial charge is 0.378 e. The smallest absolute Gasteiger partial charge is 0.161 e. The van der Waals surface area contributed by atoms with Gasteiger partial charge in [0.1, 0.15) is 17.5 Å². The van der Waals surface area contributed by atoms with Crippen molar-refractivity contribution in [2.45, 2.75) is 128 Å². The molecule has 1 aliphatic carbocycles. The molecule has 0 N–H and O–H groups in total. The number of hydrogen-bond donors (Lipinski definition) is 0. The molecular formula is C47H65F5O. The molecule has 1 heterocycles. The molecule has 4 aromatic rings. The zero-order valence-corrected chi connectivity index (χ0v) is 34.4.